The number of benzene rings is 1. The molecule has 19 heavy (non-hydrogen) atoms. The lowest BCUT2D eigenvalue weighted by Crippen LogP contribution is -2.13. The molecule has 0 radical (unpaired) electrons. The number of ether oxygens (including phenoxy) is 1. The third-order valence-electron chi connectivity index (χ3n) is 3.35. The van der Waals surface area contributed by atoms with Crippen LogP contribution in [-0.4, -0.2) is 12.4 Å². The molecular formula is C16H26N2O. The van der Waals surface area contributed by atoms with E-state index in [0.717, 1.165) is 17.9 Å². The molecular weight excluding hydrogens is 236 g/mol. The van der Waals surface area contributed by atoms with Crippen LogP contribution in [0.1, 0.15) is 45.1 Å². The van der Waals surface area contributed by atoms with Crippen LogP contribution in [0.5, 0.6) is 5.75 Å². The number of unbranched alkanes of at least 4 members (excludes halogenated alkanes) is 1. The van der Waals surface area contributed by atoms with E-state index < -0.39 is 0 Å². The van der Waals surface area contributed by atoms with Crippen molar-refractivity contribution in [3.05, 3.63) is 29.8 Å². The molecule has 3 heteroatoms. The highest BCUT2D eigenvalue weighted by Gasteiger charge is 2.06. The number of amidine groups is 1. The van der Waals surface area contributed by atoms with Gasteiger partial charge in [0.25, 0.3) is 0 Å². The first-order valence-corrected chi connectivity index (χ1v) is 7.20. The van der Waals surface area contributed by atoms with Crippen LogP contribution in [0.4, 0.5) is 0 Å². The predicted octanol–water partition coefficient (Wildman–Crippen LogP) is 3.76. The topological polar surface area (TPSA) is 59.1 Å². The summed E-state index contributed by atoms with van der Waals surface area (Å²) in [6.07, 6.45) is 5.45. The second-order valence-electron chi connectivity index (χ2n) is 5.07. The fourth-order valence-corrected chi connectivity index (χ4v) is 2.04. The van der Waals surface area contributed by atoms with Crippen molar-refractivity contribution in [2.75, 3.05) is 6.61 Å². The largest absolute Gasteiger partial charge is 0.493 e. The molecule has 1 aromatic rings. The highest BCUT2D eigenvalue weighted by molar-refractivity contribution is 5.79. The highest BCUT2D eigenvalue weighted by atomic mass is 16.5. The summed E-state index contributed by atoms with van der Waals surface area (Å²) in [7, 11) is 0. The Kier molecular flexibility index (Phi) is 7.01. The van der Waals surface area contributed by atoms with Gasteiger partial charge in [0.15, 0.2) is 0 Å². The van der Waals surface area contributed by atoms with Crippen molar-refractivity contribution < 1.29 is 4.74 Å². The Morgan fingerprint density at radius 3 is 2.47 bits per heavy atom. The van der Waals surface area contributed by atoms with E-state index in [2.05, 4.69) is 13.8 Å². The molecule has 0 aliphatic rings. The summed E-state index contributed by atoms with van der Waals surface area (Å²) in [5, 5.41) is 7.26. The van der Waals surface area contributed by atoms with E-state index in [-0.39, 0.29) is 5.84 Å². The van der Waals surface area contributed by atoms with Crippen LogP contribution in [0.2, 0.25) is 0 Å². The molecule has 0 aliphatic carbocycles. The van der Waals surface area contributed by atoms with Crippen LogP contribution >= 0.6 is 0 Å². The van der Waals surface area contributed by atoms with Crippen molar-refractivity contribution >= 4 is 5.84 Å². The summed E-state index contributed by atoms with van der Waals surface area (Å²) in [5.74, 6) is 1.75. The molecule has 3 nitrogen and oxygen atoms in total. The van der Waals surface area contributed by atoms with Crippen LogP contribution in [-0.2, 0) is 6.42 Å². The van der Waals surface area contributed by atoms with Gasteiger partial charge in [-0.25, -0.2) is 0 Å². The first kappa shape index (κ1) is 15.5. The molecule has 0 heterocycles. The van der Waals surface area contributed by atoms with Gasteiger partial charge in [0.1, 0.15) is 5.75 Å². The first-order valence-electron chi connectivity index (χ1n) is 7.20. The maximum atomic E-state index is 7.26. The molecule has 0 fully saturated rings. The van der Waals surface area contributed by atoms with E-state index >= 15 is 0 Å². The van der Waals surface area contributed by atoms with Crippen LogP contribution < -0.4 is 10.5 Å². The Balaban J connectivity index is 2.41. The predicted molar refractivity (Wildman–Crippen MR) is 80.9 cm³/mol. The van der Waals surface area contributed by atoms with Gasteiger partial charge in [-0.2, -0.15) is 0 Å². The normalized spacial score (nSPS) is 12.1. The fraction of sp³-hybridized carbons (Fsp3) is 0.562. The zero-order valence-electron chi connectivity index (χ0n) is 12.1. The molecule has 0 saturated heterocycles. The van der Waals surface area contributed by atoms with E-state index in [1.54, 1.807) is 0 Å². The maximum absolute atomic E-state index is 7.26. The number of hydrogen-bond donors (Lipinski definition) is 2. The molecule has 0 saturated carbocycles. The average Bonchev–Trinajstić information content (AvgIpc) is 2.40. The van der Waals surface area contributed by atoms with Gasteiger partial charge in [-0.1, -0.05) is 45.2 Å². The van der Waals surface area contributed by atoms with E-state index in [1.807, 2.05) is 24.3 Å². The van der Waals surface area contributed by atoms with Gasteiger partial charge in [0.2, 0.25) is 0 Å². The second-order valence-corrected chi connectivity index (χ2v) is 5.07. The lowest BCUT2D eigenvalue weighted by atomic mass is 10.0. The maximum Gasteiger partial charge on any atom is 0.119 e. The van der Waals surface area contributed by atoms with Gasteiger partial charge in [-0.15, -0.1) is 0 Å². The van der Waals surface area contributed by atoms with Gasteiger partial charge < -0.3 is 10.5 Å². The quantitative estimate of drug-likeness (QED) is 0.526. The van der Waals surface area contributed by atoms with Crippen molar-refractivity contribution in [1.82, 2.24) is 0 Å². The van der Waals surface area contributed by atoms with Crippen molar-refractivity contribution in [1.29, 1.82) is 5.41 Å². The number of rotatable bonds is 9. The Bertz CT molecular complexity index is 373. The standard InChI is InChI=1S/C16H26N2O/c1-3-5-6-13(4-2)12-19-15-9-7-14(8-10-15)11-16(17)18/h7-10,13H,3-6,11-12H2,1-2H3,(H3,17,18). The van der Waals surface area contributed by atoms with E-state index in [1.165, 1.54) is 25.7 Å². The summed E-state index contributed by atoms with van der Waals surface area (Å²) < 4.78 is 5.83. The van der Waals surface area contributed by atoms with Gasteiger partial charge in [0.05, 0.1) is 12.4 Å². The lowest BCUT2D eigenvalue weighted by molar-refractivity contribution is 0.233. The molecule has 1 atom stereocenters. The number of nitrogens with two attached hydrogens (primary N) is 1. The molecule has 106 valence electrons. The molecule has 0 bridgehead atoms. The van der Waals surface area contributed by atoms with Gasteiger partial charge in [0, 0.05) is 6.42 Å². The molecule has 1 rings (SSSR count). The van der Waals surface area contributed by atoms with Crippen molar-refractivity contribution in [3.63, 3.8) is 0 Å². The SMILES string of the molecule is CCCCC(CC)COc1ccc(CC(=N)N)cc1. The smallest absolute Gasteiger partial charge is 0.119 e. The minimum absolute atomic E-state index is 0.194. The van der Waals surface area contributed by atoms with E-state index in [4.69, 9.17) is 15.9 Å². The van der Waals surface area contributed by atoms with E-state index in [9.17, 15) is 0 Å². The minimum Gasteiger partial charge on any atom is -0.493 e. The summed E-state index contributed by atoms with van der Waals surface area (Å²) in [6.45, 7) is 5.24. The zero-order valence-corrected chi connectivity index (χ0v) is 12.1. The Hall–Kier alpha value is -1.51. The van der Waals surface area contributed by atoms with Gasteiger partial charge >= 0.3 is 0 Å². The lowest BCUT2D eigenvalue weighted by Gasteiger charge is -2.15. The summed E-state index contributed by atoms with van der Waals surface area (Å²) >= 11 is 0. The van der Waals surface area contributed by atoms with Gasteiger partial charge in [-0.3, -0.25) is 5.41 Å². The summed E-state index contributed by atoms with van der Waals surface area (Å²) in [6, 6.07) is 7.88. The molecule has 1 aromatic carbocycles. The van der Waals surface area contributed by atoms with Crippen molar-refractivity contribution in [2.45, 2.75) is 46.0 Å². The summed E-state index contributed by atoms with van der Waals surface area (Å²) in [4.78, 5) is 0. The van der Waals surface area contributed by atoms with Gasteiger partial charge in [-0.05, 0) is 30.0 Å². The third kappa shape index (κ3) is 6.27. The molecule has 0 aromatic heterocycles. The minimum atomic E-state index is 0.194. The fourth-order valence-electron chi connectivity index (χ4n) is 2.04. The van der Waals surface area contributed by atoms with E-state index in [0.29, 0.717) is 12.3 Å². The first-order chi connectivity index (χ1) is 9.15. The molecule has 1 unspecified atom stereocenters. The Labute approximate surface area is 116 Å². The molecule has 0 aliphatic heterocycles. The van der Waals surface area contributed by atoms with Crippen molar-refractivity contribution in [3.8, 4) is 5.75 Å². The third-order valence-corrected chi connectivity index (χ3v) is 3.35. The zero-order chi connectivity index (χ0) is 14.1. The Morgan fingerprint density at radius 2 is 1.95 bits per heavy atom. The second kappa shape index (κ2) is 8.57. The van der Waals surface area contributed by atoms with Crippen molar-refractivity contribution in [2.24, 2.45) is 11.7 Å². The monoisotopic (exact) mass is 262 g/mol. The van der Waals surface area contributed by atoms with Crippen LogP contribution in [0, 0.1) is 11.3 Å². The molecule has 0 spiro atoms. The number of nitrogens with one attached hydrogen (secondary N) is 1. The van der Waals surface area contributed by atoms with Crippen LogP contribution in [0.25, 0.3) is 0 Å². The average molecular weight is 262 g/mol. The Morgan fingerprint density at radius 1 is 1.26 bits per heavy atom. The van der Waals surface area contributed by atoms with Crippen LogP contribution in [0.15, 0.2) is 24.3 Å². The van der Waals surface area contributed by atoms with Crippen LogP contribution in [0.3, 0.4) is 0 Å². The molecule has 3 N–H and O–H groups in total. The highest BCUT2D eigenvalue weighted by Crippen LogP contribution is 2.17. The molecule has 0 amide bonds. The number of hydrogen-bond acceptors (Lipinski definition) is 2. The summed E-state index contributed by atoms with van der Waals surface area (Å²) in [5.41, 5.74) is 6.43.